The Hall–Kier alpha value is -2.94. The van der Waals surface area contributed by atoms with Gasteiger partial charge < -0.3 is 0 Å². The van der Waals surface area contributed by atoms with Crippen LogP contribution in [0.3, 0.4) is 0 Å². The van der Waals surface area contributed by atoms with Crippen LogP contribution < -0.4 is 11.3 Å². The molecule has 9 heteroatoms. The number of halogens is 3. The summed E-state index contributed by atoms with van der Waals surface area (Å²) in [6, 6.07) is 7.34. The Labute approximate surface area is 140 Å². The number of nitrogen functional groups attached to an aromatic ring is 1. The van der Waals surface area contributed by atoms with Gasteiger partial charge in [-0.15, -0.1) is 0 Å². The lowest BCUT2D eigenvalue weighted by Gasteiger charge is -2.11. The van der Waals surface area contributed by atoms with Crippen LogP contribution in [0.25, 0.3) is 16.9 Å². The molecule has 3 aromatic rings. The van der Waals surface area contributed by atoms with Crippen LogP contribution in [0.4, 0.5) is 13.2 Å². The summed E-state index contributed by atoms with van der Waals surface area (Å²) in [6.07, 6.45) is -4.67. The van der Waals surface area contributed by atoms with E-state index in [1.807, 2.05) is 25.3 Å². The van der Waals surface area contributed by atoms with Crippen LogP contribution in [0.15, 0.2) is 30.3 Å². The number of aryl methyl sites for hydroxylation is 2. The van der Waals surface area contributed by atoms with Crippen molar-refractivity contribution < 1.29 is 18.0 Å². The van der Waals surface area contributed by atoms with E-state index in [2.05, 4.69) is 10.1 Å². The normalized spacial score (nSPS) is 11.8. The lowest BCUT2D eigenvalue weighted by Crippen LogP contribution is -2.30. The molecule has 130 valence electrons. The number of nitrogens with zero attached hydrogens (tertiary/aromatic N) is 3. The number of amides is 1. The average Bonchev–Trinajstić information content (AvgIpc) is 2.98. The Bertz CT molecular complexity index is 978. The molecule has 0 spiro atoms. The summed E-state index contributed by atoms with van der Waals surface area (Å²) in [6.45, 7) is 3.77. The molecule has 0 fully saturated rings. The number of hydrazine groups is 1. The lowest BCUT2D eigenvalue weighted by atomic mass is 10.0. The molecule has 3 N–H and O–H groups in total. The molecular formula is C16H14F3N5O. The largest absolute Gasteiger partial charge is 0.433 e. The first kappa shape index (κ1) is 16.9. The van der Waals surface area contributed by atoms with Crippen LogP contribution in [0.5, 0.6) is 0 Å². The molecule has 2 aromatic heterocycles. The number of benzene rings is 1. The van der Waals surface area contributed by atoms with Crippen molar-refractivity contribution in [1.29, 1.82) is 0 Å². The number of rotatable bonds is 2. The van der Waals surface area contributed by atoms with Gasteiger partial charge in [-0.05, 0) is 37.1 Å². The molecule has 0 unspecified atom stereocenters. The molecule has 0 aliphatic rings. The van der Waals surface area contributed by atoms with Gasteiger partial charge in [0.05, 0.1) is 5.69 Å². The van der Waals surface area contributed by atoms with Gasteiger partial charge in [-0.3, -0.25) is 10.2 Å². The van der Waals surface area contributed by atoms with Crippen molar-refractivity contribution in [1.82, 2.24) is 20.0 Å². The summed E-state index contributed by atoms with van der Waals surface area (Å²) < 4.78 is 40.9. The van der Waals surface area contributed by atoms with Crippen LogP contribution >= 0.6 is 0 Å². The fourth-order valence-electron chi connectivity index (χ4n) is 2.41. The van der Waals surface area contributed by atoms with Crippen molar-refractivity contribution in [2.24, 2.45) is 5.84 Å². The molecule has 0 saturated heterocycles. The van der Waals surface area contributed by atoms with E-state index in [4.69, 9.17) is 5.84 Å². The Balaban J connectivity index is 2.27. The SMILES string of the molecule is Cc1ccc(-c2cc(C(F)(F)F)n3nc(C(=O)NN)cc3n2)cc1C. The molecule has 3 rings (SSSR count). The molecule has 0 radical (unpaired) electrons. The molecule has 25 heavy (non-hydrogen) atoms. The number of nitrogens with two attached hydrogens (primary N) is 1. The molecule has 0 aliphatic heterocycles. The van der Waals surface area contributed by atoms with Crippen LogP contribution in [-0.2, 0) is 6.18 Å². The van der Waals surface area contributed by atoms with Crippen molar-refractivity contribution >= 4 is 11.6 Å². The van der Waals surface area contributed by atoms with E-state index >= 15 is 0 Å². The second-order valence-corrected chi connectivity index (χ2v) is 5.60. The minimum atomic E-state index is -4.67. The zero-order valence-electron chi connectivity index (χ0n) is 13.3. The fraction of sp³-hybridized carbons (Fsp3) is 0.188. The Morgan fingerprint density at radius 3 is 2.48 bits per heavy atom. The molecular weight excluding hydrogens is 335 g/mol. The summed E-state index contributed by atoms with van der Waals surface area (Å²) in [5.74, 6) is 4.21. The summed E-state index contributed by atoms with van der Waals surface area (Å²) in [5.41, 5.74) is 3.10. The standard InChI is InChI=1S/C16H14F3N5O/c1-8-3-4-10(5-9(8)2)11-6-13(16(17,18)19)24-14(21-11)7-12(23-24)15(25)22-20/h3-7H,20H2,1-2H3,(H,22,25). The topological polar surface area (TPSA) is 85.3 Å². The van der Waals surface area contributed by atoms with E-state index in [9.17, 15) is 18.0 Å². The van der Waals surface area contributed by atoms with Crippen LogP contribution in [0, 0.1) is 13.8 Å². The van der Waals surface area contributed by atoms with E-state index in [1.165, 1.54) is 0 Å². The highest BCUT2D eigenvalue weighted by molar-refractivity contribution is 5.92. The van der Waals surface area contributed by atoms with E-state index < -0.39 is 17.8 Å². The number of hydrogen-bond acceptors (Lipinski definition) is 4. The second-order valence-electron chi connectivity index (χ2n) is 5.60. The van der Waals surface area contributed by atoms with Crippen LogP contribution in [0.1, 0.15) is 27.3 Å². The maximum atomic E-state index is 13.4. The smallest absolute Gasteiger partial charge is 0.289 e. The molecule has 0 saturated carbocycles. The minimum absolute atomic E-state index is 0.0957. The van der Waals surface area contributed by atoms with Gasteiger partial charge in [0.2, 0.25) is 0 Å². The summed E-state index contributed by atoms with van der Waals surface area (Å²) in [5, 5.41) is 3.66. The van der Waals surface area contributed by atoms with E-state index in [0.29, 0.717) is 10.1 Å². The zero-order chi connectivity index (χ0) is 18.4. The van der Waals surface area contributed by atoms with Crippen molar-refractivity contribution in [3.63, 3.8) is 0 Å². The molecule has 1 amide bonds. The van der Waals surface area contributed by atoms with Gasteiger partial charge in [-0.25, -0.2) is 15.3 Å². The molecule has 1 aromatic carbocycles. The lowest BCUT2D eigenvalue weighted by molar-refractivity contribution is -0.142. The number of alkyl halides is 3. The Kier molecular flexibility index (Phi) is 3.96. The quantitative estimate of drug-likeness (QED) is 0.423. The number of hydrogen-bond donors (Lipinski definition) is 2. The first-order valence-electron chi connectivity index (χ1n) is 7.27. The van der Waals surface area contributed by atoms with Gasteiger partial charge in [-0.1, -0.05) is 12.1 Å². The Morgan fingerprint density at radius 2 is 1.88 bits per heavy atom. The van der Waals surface area contributed by atoms with Gasteiger partial charge in [0.15, 0.2) is 17.0 Å². The average molecular weight is 349 g/mol. The van der Waals surface area contributed by atoms with Gasteiger partial charge in [0.1, 0.15) is 0 Å². The van der Waals surface area contributed by atoms with Crippen LogP contribution in [0.2, 0.25) is 0 Å². The molecule has 0 bridgehead atoms. The predicted molar refractivity (Wildman–Crippen MR) is 84.6 cm³/mol. The summed E-state index contributed by atoms with van der Waals surface area (Å²) >= 11 is 0. The summed E-state index contributed by atoms with van der Waals surface area (Å²) in [7, 11) is 0. The van der Waals surface area contributed by atoms with E-state index in [-0.39, 0.29) is 17.0 Å². The molecule has 0 aliphatic carbocycles. The maximum Gasteiger partial charge on any atom is 0.433 e. The van der Waals surface area contributed by atoms with E-state index in [0.717, 1.165) is 23.3 Å². The van der Waals surface area contributed by atoms with Gasteiger partial charge in [0.25, 0.3) is 5.91 Å². The van der Waals surface area contributed by atoms with Crippen molar-refractivity contribution in [3.05, 3.63) is 52.8 Å². The van der Waals surface area contributed by atoms with Gasteiger partial charge in [0, 0.05) is 11.6 Å². The van der Waals surface area contributed by atoms with Crippen molar-refractivity contribution in [2.45, 2.75) is 20.0 Å². The third-order valence-corrected chi connectivity index (χ3v) is 3.88. The number of nitrogens with one attached hydrogen (secondary N) is 1. The maximum absolute atomic E-state index is 13.4. The second kappa shape index (κ2) is 5.85. The highest BCUT2D eigenvalue weighted by atomic mass is 19.4. The zero-order valence-corrected chi connectivity index (χ0v) is 13.3. The number of carbonyl (C=O) groups excluding carboxylic acids is 1. The summed E-state index contributed by atoms with van der Waals surface area (Å²) in [4.78, 5) is 15.8. The van der Waals surface area contributed by atoms with Crippen LogP contribution in [-0.4, -0.2) is 20.5 Å². The van der Waals surface area contributed by atoms with Crippen molar-refractivity contribution in [2.75, 3.05) is 0 Å². The van der Waals surface area contributed by atoms with E-state index in [1.54, 1.807) is 12.1 Å². The third-order valence-electron chi connectivity index (χ3n) is 3.88. The first-order chi connectivity index (χ1) is 11.7. The van der Waals surface area contributed by atoms with Gasteiger partial charge >= 0.3 is 6.18 Å². The van der Waals surface area contributed by atoms with Crippen molar-refractivity contribution in [3.8, 4) is 11.3 Å². The number of aromatic nitrogens is 3. The molecule has 0 atom stereocenters. The number of carbonyl (C=O) groups is 1. The molecule has 6 nitrogen and oxygen atoms in total. The fourth-order valence-corrected chi connectivity index (χ4v) is 2.41. The highest BCUT2D eigenvalue weighted by Gasteiger charge is 2.35. The number of fused-ring (bicyclic) bond motifs is 1. The highest BCUT2D eigenvalue weighted by Crippen LogP contribution is 2.32. The molecule has 2 heterocycles. The predicted octanol–water partition coefficient (Wildman–Crippen LogP) is 2.64. The van der Waals surface area contributed by atoms with Gasteiger partial charge in [-0.2, -0.15) is 18.3 Å². The Morgan fingerprint density at radius 1 is 1.16 bits per heavy atom. The first-order valence-corrected chi connectivity index (χ1v) is 7.27. The monoisotopic (exact) mass is 349 g/mol. The minimum Gasteiger partial charge on any atom is -0.289 e. The third kappa shape index (κ3) is 3.05.